The van der Waals surface area contributed by atoms with E-state index in [0.29, 0.717) is 22.2 Å². The molecule has 3 heterocycles. The predicted molar refractivity (Wildman–Crippen MR) is 103 cm³/mol. The Morgan fingerprint density at radius 1 is 1.36 bits per heavy atom. The van der Waals surface area contributed by atoms with E-state index in [4.69, 9.17) is 17.0 Å². The number of aliphatic hydroxyl groups is 2. The molecular weight excluding hydrogens is 359 g/mol. The van der Waals surface area contributed by atoms with E-state index in [1.807, 2.05) is 14.0 Å². The minimum atomic E-state index is -1.22. The molecule has 0 spiro atoms. The summed E-state index contributed by atoms with van der Waals surface area (Å²) in [4.78, 5) is 8.86. The average Bonchev–Trinajstić information content (AvgIpc) is 3.05. The molecule has 1 unspecified atom stereocenters. The molecule has 0 aromatic carbocycles. The van der Waals surface area contributed by atoms with E-state index in [1.165, 1.54) is 0 Å². The third kappa shape index (κ3) is 3.46. The summed E-state index contributed by atoms with van der Waals surface area (Å²) in [5.74, 6) is 0.743. The number of hydrogen-bond acceptors (Lipinski definition) is 6. The van der Waals surface area contributed by atoms with Crippen molar-refractivity contribution in [2.45, 2.75) is 37.9 Å². The summed E-state index contributed by atoms with van der Waals surface area (Å²) in [6.45, 7) is 4.92. The van der Waals surface area contributed by atoms with E-state index in [9.17, 15) is 10.2 Å². The molecule has 138 valence electrons. The number of aliphatic hydroxyl groups excluding tert-OH is 2. The summed E-state index contributed by atoms with van der Waals surface area (Å²) in [5, 5.41) is 20.9. The number of nitrogens with zero attached hydrogens (tertiary/aromatic N) is 4. The zero-order chi connectivity index (χ0) is 18.5. The van der Waals surface area contributed by atoms with Crippen molar-refractivity contribution in [1.29, 1.82) is 0 Å². The first-order valence-electron chi connectivity index (χ1n) is 8.19. The molecule has 25 heavy (non-hydrogen) atoms. The highest BCUT2D eigenvalue weighted by Crippen LogP contribution is 2.39. The molecule has 0 saturated carbocycles. The summed E-state index contributed by atoms with van der Waals surface area (Å²) in [7, 11) is 1.84. The van der Waals surface area contributed by atoms with Crippen molar-refractivity contribution < 1.29 is 14.9 Å². The third-order valence-corrected chi connectivity index (χ3v) is 6.59. The number of fused-ring (bicyclic) bond motifs is 1. The van der Waals surface area contributed by atoms with Crippen LogP contribution in [0.25, 0.3) is 11.2 Å². The van der Waals surface area contributed by atoms with Gasteiger partial charge in [-0.3, -0.25) is 4.57 Å². The summed E-state index contributed by atoms with van der Waals surface area (Å²) >= 11 is 5.42. The molecule has 4 atom stereocenters. The highest BCUT2D eigenvalue weighted by atomic mass is 32.1. The smallest absolute Gasteiger partial charge is 0.167 e. The zero-order valence-electron chi connectivity index (χ0n) is 15.0. The van der Waals surface area contributed by atoms with Crippen molar-refractivity contribution in [3.05, 3.63) is 16.8 Å². The summed E-state index contributed by atoms with van der Waals surface area (Å²) < 4.78 is 10.0. The van der Waals surface area contributed by atoms with E-state index >= 15 is 0 Å². The largest absolute Gasteiger partial charge is 0.388 e. The van der Waals surface area contributed by atoms with Gasteiger partial charge in [-0.05, 0) is 32.8 Å². The number of rotatable bonds is 4. The van der Waals surface area contributed by atoms with Gasteiger partial charge in [0.05, 0.1) is 12.4 Å². The number of aromatic nitrogens is 4. The molecule has 3 rings (SSSR count). The lowest BCUT2D eigenvalue weighted by Gasteiger charge is -2.18. The lowest BCUT2D eigenvalue weighted by Crippen LogP contribution is -2.31. The van der Waals surface area contributed by atoms with Crippen LogP contribution in [0.5, 0.6) is 0 Å². The van der Waals surface area contributed by atoms with E-state index in [2.05, 4.69) is 29.6 Å². The Labute approximate surface area is 152 Å². The van der Waals surface area contributed by atoms with Crippen molar-refractivity contribution in [3.63, 3.8) is 0 Å². The Bertz CT molecular complexity index is 903. The Balaban J connectivity index is 1.93. The molecule has 0 bridgehead atoms. The predicted octanol–water partition coefficient (Wildman–Crippen LogP) is 1.53. The second-order valence-electron chi connectivity index (χ2n) is 7.34. The van der Waals surface area contributed by atoms with Crippen molar-refractivity contribution in [2.24, 2.45) is 7.05 Å². The second kappa shape index (κ2) is 6.59. The highest BCUT2D eigenvalue weighted by Gasteiger charge is 2.44. The zero-order valence-corrected chi connectivity index (χ0v) is 16.7. The Hall–Kier alpha value is -1.05. The van der Waals surface area contributed by atoms with Crippen molar-refractivity contribution in [1.82, 2.24) is 19.1 Å². The topological polar surface area (TPSA) is 85.3 Å². The maximum Gasteiger partial charge on any atom is 0.167 e. The minimum absolute atomic E-state index is 0.428. The van der Waals surface area contributed by atoms with E-state index in [0.717, 1.165) is 12.0 Å². The normalized spacial score (nSPS) is 27.3. The van der Waals surface area contributed by atoms with Gasteiger partial charge < -0.3 is 19.5 Å². The molecule has 1 aliphatic heterocycles. The first-order valence-corrected chi connectivity index (χ1v) is 11.7. The van der Waals surface area contributed by atoms with Crippen LogP contribution in [0.15, 0.2) is 6.33 Å². The van der Waals surface area contributed by atoms with Crippen molar-refractivity contribution in [2.75, 3.05) is 19.5 Å². The van der Waals surface area contributed by atoms with Gasteiger partial charge in [-0.25, -0.2) is 9.97 Å². The molecule has 0 aliphatic carbocycles. The quantitative estimate of drug-likeness (QED) is 0.614. The molecule has 0 amide bonds. The van der Waals surface area contributed by atoms with E-state index in [1.54, 1.807) is 15.5 Å². The Morgan fingerprint density at radius 2 is 2.04 bits per heavy atom. The van der Waals surface area contributed by atoms with Gasteiger partial charge >= 0.3 is 0 Å². The molecule has 1 fully saturated rings. The fraction of sp³-hybridized carbons (Fsp3) is 0.625. The summed E-state index contributed by atoms with van der Waals surface area (Å²) in [5.41, 5.74) is 1.14. The minimum Gasteiger partial charge on any atom is -0.388 e. The van der Waals surface area contributed by atoms with Crippen LogP contribution in [0.1, 0.15) is 18.5 Å². The monoisotopic (exact) mass is 384 g/mol. The van der Waals surface area contributed by atoms with Crippen molar-refractivity contribution in [3.8, 4) is 0 Å². The molecule has 1 aliphatic rings. The highest BCUT2D eigenvalue weighted by molar-refractivity contribution is 7.72. The van der Waals surface area contributed by atoms with Crippen LogP contribution in [0, 0.1) is 11.6 Å². The molecule has 7 nitrogen and oxygen atoms in total. The van der Waals surface area contributed by atoms with Gasteiger partial charge in [0.25, 0.3) is 0 Å². The van der Waals surface area contributed by atoms with Crippen LogP contribution >= 0.6 is 19.1 Å². The molecular formula is C16H25N4O3PS. The number of imidazole rings is 1. The maximum absolute atomic E-state index is 10.5. The number of aryl methyl sites for hydroxylation is 1. The lowest BCUT2D eigenvalue weighted by atomic mass is 10.1. The SMILES string of the molecule is C=P(C)(C)CC[C@H]1OC(n2cnc3c(=S)n(C)c(C)nc32)[C@H](O)[C@@H]1O. The molecule has 1 saturated heterocycles. The first-order chi connectivity index (χ1) is 11.6. The standard InChI is InChI=1S/C16H25N4O3PS/c1-9-18-14-11(16(25)19(9)2)17-8-20(14)15-13(22)12(21)10(23-15)6-7-24(3,4)5/h8,10,12-13,15,21-22H,3,6-7H2,1-2,4-5H3/t10-,12-,13-,15?/m1/s1. The summed E-state index contributed by atoms with van der Waals surface area (Å²) in [6.07, 6.45) is 4.16. The van der Waals surface area contributed by atoms with Crippen LogP contribution in [0.2, 0.25) is 0 Å². The second-order valence-corrected chi connectivity index (χ2v) is 12.0. The molecule has 2 aromatic rings. The maximum atomic E-state index is 10.5. The fourth-order valence-corrected chi connectivity index (χ4v) is 4.24. The van der Waals surface area contributed by atoms with Crippen LogP contribution in [0.3, 0.4) is 0 Å². The fourth-order valence-electron chi connectivity index (χ4n) is 3.01. The van der Waals surface area contributed by atoms with Gasteiger partial charge in [0.1, 0.15) is 28.2 Å². The van der Waals surface area contributed by atoms with Gasteiger partial charge in [-0.15, -0.1) is 13.2 Å². The Kier molecular flexibility index (Phi) is 4.94. The van der Waals surface area contributed by atoms with E-state index in [-0.39, 0.29) is 0 Å². The van der Waals surface area contributed by atoms with E-state index < -0.39 is 31.4 Å². The average molecular weight is 384 g/mol. The number of ether oxygens (including phenoxy) is 1. The van der Waals surface area contributed by atoms with Gasteiger partial charge in [-0.2, -0.15) is 0 Å². The van der Waals surface area contributed by atoms with Gasteiger partial charge in [0, 0.05) is 7.05 Å². The van der Waals surface area contributed by atoms with Crippen LogP contribution < -0.4 is 0 Å². The molecule has 2 N–H and O–H groups in total. The number of hydrogen-bond donors (Lipinski definition) is 2. The summed E-state index contributed by atoms with van der Waals surface area (Å²) in [6, 6.07) is 0. The first kappa shape index (κ1) is 18.7. The van der Waals surface area contributed by atoms with Crippen molar-refractivity contribution >= 4 is 36.6 Å². The third-order valence-electron chi connectivity index (χ3n) is 4.66. The van der Waals surface area contributed by atoms with Crippen LogP contribution in [0.4, 0.5) is 0 Å². The molecule has 0 radical (unpaired) electrons. The van der Waals surface area contributed by atoms with Gasteiger partial charge in [0.15, 0.2) is 11.9 Å². The Morgan fingerprint density at radius 3 is 2.68 bits per heavy atom. The van der Waals surface area contributed by atoms with Gasteiger partial charge in [-0.1, -0.05) is 12.2 Å². The molecule has 2 aromatic heterocycles. The van der Waals surface area contributed by atoms with Crippen LogP contribution in [-0.4, -0.2) is 73.4 Å². The van der Waals surface area contributed by atoms with Crippen LogP contribution in [-0.2, 0) is 11.8 Å². The molecule has 9 heteroatoms. The lowest BCUT2D eigenvalue weighted by molar-refractivity contribution is -0.0353. The van der Waals surface area contributed by atoms with Gasteiger partial charge in [0.2, 0.25) is 0 Å².